The molecule has 2 heterocycles. The Morgan fingerprint density at radius 3 is 1.97 bits per heavy atom. The van der Waals surface area contributed by atoms with Crippen LogP contribution in [0.2, 0.25) is 0 Å². The van der Waals surface area contributed by atoms with Crippen LogP contribution in [0.25, 0.3) is 55.0 Å². The molecule has 0 aliphatic rings. The standard InChI is InChI=1S/C29H22N2/c1-3-20(4-2)30-26-16-10-8-14-22(26)24-18-25-23-15-9-11-17-27(23)31(29(25)19-28(24)30)21-12-6-5-7-13-21/h3-19H,1H2,2H3/b20-4+. The average molecular weight is 399 g/mol. The normalized spacial score (nSPS) is 12.4. The first-order valence-electron chi connectivity index (χ1n) is 10.6. The number of fused-ring (bicyclic) bond motifs is 6. The zero-order valence-electron chi connectivity index (χ0n) is 17.4. The Morgan fingerprint density at radius 1 is 0.645 bits per heavy atom. The van der Waals surface area contributed by atoms with Gasteiger partial charge in [-0.15, -0.1) is 0 Å². The lowest BCUT2D eigenvalue weighted by molar-refractivity contribution is 1.18. The molecule has 0 fully saturated rings. The molecule has 0 saturated carbocycles. The number of hydrogen-bond donors (Lipinski definition) is 0. The Kier molecular flexibility index (Phi) is 3.87. The van der Waals surface area contributed by atoms with E-state index in [0.29, 0.717) is 0 Å². The Labute approximate surface area is 180 Å². The van der Waals surface area contributed by atoms with E-state index in [-0.39, 0.29) is 0 Å². The first-order valence-corrected chi connectivity index (χ1v) is 10.6. The van der Waals surface area contributed by atoms with Crippen molar-refractivity contribution in [2.75, 3.05) is 0 Å². The second-order valence-corrected chi connectivity index (χ2v) is 7.84. The van der Waals surface area contributed by atoms with Gasteiger partial charge in [0.25, 0.3) is 0 Å². The summed E-state index contributed by atoms with van der Waals surface area (Å²) in [7, 11) is 0. The maximum atomic E-state index is 4.07. The molecule has 0 N–H and O–H groups in total. The summed E-state index contributed by atoms with van der Waals surface area (Å²) in [4.78, 5) is 0. The molecule has 0 atom stereocenters. The van der Waals surface area contributed by atoms with Gasteiger partial charge in [-0.05, 0) is 49.4 Å². The van der Waals surface area contributed by atoms with Gasteiger partial charge in [-0.3, -0.25) is 0 Å². The van der Waals surface area contributed by atoms with E-state index in [2.05, 4.69) is 120 Å². The van der Waals surface area contributed by atoms with E-state index in [4.69, 9.17) is 0 Å². The van der Waals surface area contributed by atoms with Gasteiger partial charge in [0.2, 0.25) is 0 Å². The molecule has 0 bridgehead atoms. The van der Waals surface area contributed by atoms with E-state index >= 15 is 0 Å². The van der Waals surface area contributed by atoms with Crippen LogP contribution in [0.3, 0.4) is 0 Å². The van der Waals surface area contributed by atoms with Gasteiger partial charge in [0, 0.05) is 32.9 Å². The van der Waals surface area contributed by atoms with Crippen LogP contribution in [0.1, 0.15) is 6.92 Å². The van der Waals surface area contributed by atoms with Crippen LogP contribution in [0.15, 0.2) is 110 Å². The minimum atomic E-state index is 1.09. The van der Waals surface area contributed by atoms with Crippen molar-refractivity contribution < 1.29 is 0 Å². The summed E-state index contributed by atoms with van der Waals surface area (Å²) < 4.78 is 4.69. The molecule has 2 heteroatoms. The minimum Gasteiger partial charge on any atom is -0.310 e. The number of benzene rings is 4. The fraction of sp³-hybridized carbons (Fsp3) is 0.0345. The summed E-state index contributed by atoms with van der Waals surface area (Å²) >= 11 is 0. The van der Waals surface area contributed by atoms with Crippen molar-refractivity contribution in [3.63, 3.8) is 0 Å². The van der Waals surface area contributed by atoms with E-state index < -0.39 is 0 Å². The van der Waals surface area contributed by atoms with Crippen LogP contribution in [0.5, 0.6) is 0 Å². The maximum Gasteiger partial charge on any atom is 0.0562 e. The van der Waals surface area contributed by atoms with E-state index in [1.165, 1.54) is 49.3 Å². The van der Waals surface area contributed by atoms with Gasteiger partial charge in [-0.2, -0.15) is 0 Å². The molecular weight excluding hydrogens is 376 g/mol. The molecule has 6 rings (SSSR count). The van der Waals surface area contributed by atoms with Crippen molar-refractivity contribution in [1.29, 1.82) is 0 Å². The van der Waals surface area contributed by atoms with E-state index in [1.807, 2.05) is 6.08 Å². The first kappa shape index (κ1) is 17.8. The molecule has 0 spiro atoms. The van der Waals surface area contributed by atoms with E-state index in [9.17, 15) is 0 Å². The number of nitrogens with zero attached hydrogens (tertiary/aromatic N) is 2. The lowest BCUT2D eigenvalue weighted by Crippen LogP contribution is -1.95. The zero-order chi connectivity index (χ0) is 20.9. The third-order valence-corrected chi connectivity index (χ3v) is 6.24. The summed E-state index contributed by atoms with van der Waals surface area (Å²) in [5.74, 6) is 0. The molecule has 4 aromatic carbocycles. The van der Waals surface area contributed by atoms with Gasteiger partial charge in [0.1, 0.15) is 0 Å². The quantitative estimate of drug-likeness (QED) is 0.268. The highest BCUT2D eigenvalue weighted by Crippen LogP contribution is 2.39. The molecule has 31 heavy (non-hydrogen) atoms. The summed E-state index contributed by atoms with van der Waals surface area (Å²) in [5.41, 5.74) is 7.10. The van der Waals surface area contributed by atoms with Crippen molar-refractivity contribution in [3.05, 3.63) is 110 Å². The summed E-state index contributed by atoms with van der Waals surface area (Å²) in [6.07, 6.45) is 4.05. The van der Waals surface area contributed by atoms with E-state index in [1.54, 1.807) is 0 Å². The maximum absolute atomic E-state index is 4.07. The van der Waals surface area contributed by atoms with E-state index in [0.717, 1.165) is 5.70 Å². The summed E-state index contributed by atoms with van der Waals surface area (Å²) in [6, 6.07) is 32.6. The topological polar surface area (TPSA) is 9.86 Å². The lowest BCUT2D eigenvalue weighted by atomic mass is 10.1. The summed E-state index contributed by atoms with van der Waals surface area (Å²) in [5, 5.41) is 5.07. The lowest BCUT2D eigenvalue weighted by Gasteiger charge is -2.10. The van der Waals surface area contributed by atoms with Crippen molar-refractivity contribution in [1.82, 2.24) is 9.13 Å². The monoisotopic (exact) mass is 398 g/mol. The molecule has 6 aromatic rings. The van der Waals surface area contributed by atoms with Gasteiger partial charge < -0.3 is 9.13 Å². The fourth-order valence-electron chi connectivity index (χ4n) is 4.90. The molecule has 0 unspecified atom stereocenters. The predicted octanol–water partition coefficient (Wildman–Crippen LogP) is 7.94. The molecule has 0 amide bonds. The molecule has 2 nitrogen and oxygen atoms in total. The minimum absolute atomic E-state index is 1.09. The molecule has 148 valence electrons. The highest BCUT2D eigenvalue weighted by atomic mass is 15.0. The SMILES string of the molecule is C=C/C(=C\C)n1c2ccccc2c2cc3c4ccccc4n(-c4ccccc4)c3cc21. The van der Waals surface area contributed by atoms with Crippen molar-refractivity contribution in [3.8, 4) is 5.69 Å². The van der Waals surface area contributed by atoms with Crippen LogP contribution >= 0.6 is 0 Å². The second kappa shape index (κ2) is 6.75. The Bertz CT molecular complexity index is 1640. The van der Waals surface area contributed by atoms with Crippen LogP contribution in [-0.4, -0.2) is 9.13 Å². The molecular formula is C29H22N2. The Balaban J connectivity index is 1.87. The molecule has 0 saturated heterocycles. The Morgan fingerprint density at radius 2 is 1.26 bits per heavy atom. The van der Waals surface area contributed by atoms with Gasteiger partial charge in [0.05, 0.1) is 22.1 Å². The fourth-order valence-corrected chi connectivity index (χ4v) is 4.90. The molecule has 0 aliphatic heterocycles. The predicted molar refractivity (Wildman–Crippen MR) is 134 cm³/mol. The number of aromatic nitrogens is 2. The first-order chi connectivity index (χ1) is 15.3. The van der Waals surface area contributed by atoms with Crippen LogP contribution in [-0.2, 0) is 0 Å². The average Bonchev–Trinajstić information content (AvgIpc) is 3.32. The number of rotatable bonds is 3. The third kappa shape index (κ3) is 2.45. The summed E-state index contributed by atoms with van der Waals surface area (Å²) in [6.45, 7) is 6.14. The van der Waals surface area contributed by atoms with Crippen molar-refractivity contribution in [2.24, 2.45) is 0 Å². The van der Waals surface area contributed by atoms with Crippen LogP contribution in [0.4, 0.5) is 0 Å². The van der Waals surface area contributed by atoms with Crippen molar-refractivity contribution in [2.45, 2.75) is 6.92 Å². The zero-order valence-corrected chi connectivity index (χ0v) is 17.4. The van der Waals surface area contributed by atoms with Crippen LogP contribution < -0.4 is 0 Å². The number of allylic oxidation sites excluding steroid dienone is 3. The molecule has 2 aromatic heterocycles. The van der Waals surface area contributed by atoms with Gasteiger partial charge in [0.15, 0.2) is 0 Å². The highest BCUT2D eigenvalue weighted by Gasteiger charge is 2.17. The van der Waals surface area contributed by atoms with Crippen LogP contribution in [0, 0.1) is 0 Å². The largest absolute Gasteiger partial charge is 0.310 e. The third-order valence-electron chi connectivity index (χ3n) is 6.24. The number of hydrogen-bond acceptors (Lipinski definition) is 0. The van der Waals surface area contributed by atoms with Gasteiger partial charge in [-0.1, -0.05) is 67.3 Å². The Hall–Kier alpha value is -4.04. The second-order valence-electron chi connectivity index (χ2n) is 7.84. The number of para-hydroxylation sites is 3. The molecule has 0 radical (unpaired) electrons. The van der Waals surface area contributed by atoms with Gasteiger partial charge in [-0.25, -0.2) is 0 Å². The van der Waals surface area contributed by atoms with Crippen molar-refractivity contribution >= 4 is 49.3 Å². The highest BCUT2D eigenvalue weighted by molar-refractivity contribution is 6.19. The smallest absolute Gasteiger partial charge is 0.0562 e. The molecule has 0 aliphatic carbocycles. The van der Waals surface area contributed by atoms with Gasteiger partial charge >= 0.3 is 0 Å².